The standard InChI is InChI=1S/C19H28N2O2/c1-13-5-8-18(10-14(13)2)23-9-3-4-19(22)21-17-11-15-6-7-16(12-17)20-15/h5,8,10,15-17,20H,3-4,6-7,9,11-12H2,1-2H3,(H,21,22). The Hall–Kier alpha value is -1.55. The zero-order chi connectivity index (χ0) is 16.2. The maximum Gasteiger partial charge on any atom is 0.220 e. The van der Waals surface area contributed by atoms with Gasteiger partial charge in [-0.3, -0.25) is 4.79 Å². The van der Waals surface area contributed by atoms with Crippen molar-refractivity contribution in [1.29, 1.82) is 0 Å². The Morgan fingerprint density at radius 3 is 2.65 bits per heavy atom. The van der Waals surface area contributed by atoms with Crippen molar-refractivity contribution in [2.24, 2.45) is 0 Å². The molecule has 0 spiro atoms. The average Bonchev–Trinajstić information content (AvgIpc) is 2.86. The second kappa shape index (κ2) is 7.35. The van der Waals surface area contributed by atoms with Gasteiger partial charge in [0.25, 0.3) is 0 Å². The van der Waals surface area contributed by atoms with Gasteiger partial charge in [-0.1, -0.05) is 6.07 Å². The summed E-state index contributed by atoms with van der Waals surface area (Å²) < 4.78 is 5.74. The second-order valence-corrected chi connectivity index (χ2v) is 7.07. The number of benzene rings is 1. The van der Waals surface area contributed by atoms with Crippen LogP contribution in [-0.4, -0.2) is 30.6 Å². The molecule has 1 amide bonds. The van der Waals surface area contributed by atoms with Crippen LogP contribution >= 0.6 is 0 Å². The largest absolute Gasteiger partial charge is 0.494 e. The van der Waals surface area contributed by atoms with Crippen LogP contribution in [-0.2, 0) is 4.79 Å². The highest BCUT2D eigenvalue weighted by Crippen LogP contribution is 2.26. The average molecular weight is 316 g/mol. The number of aryl methyl sites for hydroxylation is 2. The molecule has 2 unspecified atom stereocenters. The van der Waals surface area contributed by atoms with E-state index in [9.17, 15) is 4.79 Å². The van der Waals surface area contributed by atoms with Crippen molar-refractivity contribution < 1.29 is 9.53 Å². The normalized spacial score (nSPS) is 26.1. The monoisotopic (exact) mass is 316 g/mol. The summed E-state index contributed by atoms with van der Waals surface area (Å²) in [6.45, 7) is 4.77. The number of nitrogens with one attached hydrogen (secondary N) is 2. The van der Waals surface area contributed by atoms with E-state index in [1.165, 1.54) is 24.0 Å². The molecule has 2 fully saturated rings. The van der Waals surface area contributed by atoms with Crippen molar-refractivity contribution in [3.05, 3.63) is 29.3 Å². The first-order chi connectivity index (χ1) is 11.1. The van der Waals surface area contributed by atoms with Gasteiger partial charge in [-0.2, -0.15) is 0 Å². The predicted octanol–water partition coefficient (Wildman–Crippen LogP) is 2.86. The summed E-state index contributed by atoms with van der Waals surface area (Å²) in [5.41, 5.74) is 2.51. The lowest BCUT2D eigenvalue weighted by atomic mass is 9.99. The summed E-state index contributed by atoms with van der Waals surface area (Å²) in [5.74, 6) is 1.06. The second-order valence-electron chi connectivity index (χ2n) is 7.07. The van der Waals surface area contributed by atoms with Gasteiger partial charge in [0.1, 0.15) is 5.75 Å². The third-order valence-corrected chi connectivity index (χ3v) is 5.13. The van der Waals surface area contributed by atoms with Crippen molar-refractivity contribution in [3.63, 3.8) is 0 Å². The fourth-order valence-corrected chi connectivity index (χ4v) is 3.70. The lowest BCUT2D eigenvalue weighted by Gasteiger charge is -2.29. The Balaban J connectivity index is 1.34. The number of amides is 1. The molecule has 2 atom stereocenters. The van der Waals surface area contributed by atoms with Crippen LogP contribution in [0.1, 0.15) is 49.7 Å². The van der Waals surface area contributed by atoms with E-state index in [1.54, 1.807) is 0 Å². The van der Waals surface area contributed by atoms with Crippen molar-refractivity contribution in [2.45, 2.75) is 70.5 Å². The number of carbonyl (C=O) groups excluding carboxylic acids is 1. The molecular formula is C19H28N2O2. The molecule has 2 aliphatic rings. The number of hydrogen-bond donors (Lipinski definition) is 2. The van der Waals surface area contributed by atoms with Crippen molar-refractivity contribution in [1.82, 2.24) is 10.6 Å². The van der Waals surface area contributed by atoms with Crippen LogP contribution in [0, 0.1) is 13.8 Å². The van der Waals surface area contributed by atoms with Crippen LogP contribution in [0.4, 0.5) is 0 Å². The lowest BCUT2D eigenvalue weighted by Crippen LogP contribution is -2.48. The fraction of sp³-hybridized carbons (Fsp3) is 0.632. The number of fused-ring (bicyclic) bond motifs is 2. The van der Waals surface area contributed by atoms with Crippen molar-refractivity contribution in [2.75, 3.05) is 6.61 Å². The maximum atomic E-state index is 12.1. The summed E-state index contributed by atoms with van der Waals surface area (Å²) in [4.78, 5) is 12.1. The molecule has 126 valence electrons. The number of hydrogen-bond acceptors (Lipinski definition) is 3. The molecule has 0 aromatic heterocycles. The van der Waals surface area contributed by atoms with Gasteiger partial charge in [0.15, 0.2) is 0 Å². The van der Waals surface area contributed by atoms with Gasteiger partial charge in [-0.05, 0) is 69.2 Å². The van der Waals surface area contributed by atoms with Gasteiger partial charge in [0.2, 0.25) is 5.91 Å². The summed E-state index contributed by atoms with van der Waals surface area (Å²) in [6, 6.07) is 7.72. The molecule has 23 heavy (non-hydrogen) atoms. The van der Waals surface area contributed by atoms with Gasteiger partial charge in [-0.25, -0.2) is 0 Å². The van der Waals surface area contributed by atoms with E-state index in [-0.39, 0.29) is 5.91 Å². The first kappa shape index (κ1) is 16.3. The van der Waals surface area contributed by atoms with Crippen molar-refractivity contribution in [3.8, 4) is 5.75 Å². The van der Waals surface area contributed by atoms with Gasteiger partial charge in [-0.15, -0.1) is 0 Å². The van der Waals surface area contributed by atoms with Crippen LogP contribution in [0.3, 0.4) is 0 Å². The summed E-state index contributed by atoms with van der Waals surface area (Å²) in [5, 5.41) is 6.80. The number of ether oxygens (including phenoxy) is 1. The van der Waals surface area contributed by atoms with Crippen LogP contribution in [0.5, 0.6) is 5.75 Å². The SMILES string of the molecule is Cc1ccc(OCCCC(=O)NC2CC3CCC(C2)N3)cc1C. The van der Waals surface area contributed by atoms with Gasteiger partial charge in [0, 0.05) is 24.5 Å². The third-order valence-electron chi connectivity index (χ3n) is 5.13. The minimum Gasteiger partial charge on any atom is -0.494 e. The Morgan fingerprint density at radius 1 is 1.22 bits per heavy atom. The summed E-state index contributed by atoms with van der Waals surface area (Å²) in [6.07, 6.45) is 6.01. The molecule has 0 aliphatic carbocycles. The quantitative estimate of drug-likeness (QED) is 0.794. The topological polar surface area (TPSA) is 50.4 Å². The fourth-order valence-electron chi connectivity index (χ4n) is 3.70. The molecule has 2 N–H and O–H groups in total. The molecule has 4 heteroatoms. The van der Waals surface area contributed by atoms with Gasteiger partial charge in [0.05, 0.1) is 6.61 Å². The minimum absolute atomic E-state index is 0.167. The van der Waals surface area contributed by atoms with Crippen LogP contribution in [0.15, 0.2) is 18.2 Å². The van der Waals surface area contributed by atoms with E-state index < -0.39 is 0 Å². The number of rotatable bonds is 6. The molecule has 3 rings (SSSR count). The highest BCUT2D eigenvalue weighted by atomic mass is 16.5. The van der Waals surface area contributed by atoms with Gasteiger partial charge < -0.3 is 15.4 Å². The zero-order valence-corrected chi connectivity index (χ0v) is 14.2. The van der Waals surface area contributed by atoms with Crippen LogP contribution in [0.25, 0.3) is 0 Å². The molecule has 2 bridgehead atoms. The smallest absolute Gasteiger partial charge is 0.220 e. The molecule has 1 aromatic rings. The molecule has 2 heterocycles. The Kier molecular flexibility index (Phi) is 5.21. The first-order valence-corrected chi connectivity index (χ1v) is 8.85. The first-order valence-electron chi connectivity index (χ1n) is 8.85. The van der Waals surface area contributed by atoms with E-state index in [1.807, 2.05) is 6.07 Å². The van der Waals surface area contributed by atoms with Gasteiger partial charge >= 0.3 is 0 Å². The lowest BCUT2D eigenvalue weighted by molar-refractivity contribution is -0.122. The predicted molar refractivity (Wildman–Crippen MR) is 91.8 cm³/mol. The minimum atomic E-state index is 0.167. The summed E-state index contributed by atoms with van der Waals surface area (Å²) in [7, 11) is 0. The van der Waals surface area contributed by atoms with Crippen molar-refractivity contribution >= 4 is 5.91 Å². The highest BCUT2D eigenvalue weighted by Gasteiger charge is 2.33. The molecule has 2 saturated heterocycles. The number of carbonyl (C=O) groups is 1. The molecule has 0 saturated carbocycles. The molecule has 0 radical (unpaired) electrons. The van der Waals surface area contributed by atoms with Crippen LogP contribution in [0.2, 0.25) is 0 Å². The van der Waals surface area contributed by atoms with E-state index in [2.05, 4.69) is 36.6 Å². The Labute approximate surface area is 139 Å². The van der Waals surface area contributed by atoms with Crippen LogP contribution < -0.4 is 15.4 Å². The van der Waals surface area contributed by atoms with E-state index >= 15 is 0 Å². The molecule has 4 nitrogen and oxygen atoms in total. The third kappa shape index (κ3) is 4.47. The van der Waals surface area contributed by atoms with E-state index in [0.717, 1.165) is 25.0 Å². The molecular weight excluding hydrogens is 288 g/mol. The molecule has 1 aromatic carbocycles. The zero-order valence-electron chi connectivity index (χ0n) is 14.2. The number of piperidine rings is 1. The highest BCUT2D eigenvalue weighted by molar-refractivity contribution is 5.76. The molecule has 2 aliphatic heterocycles. The Bertz CT molecular complexity index is 546. The summed E-state index contributed by atoms with van der Waals surface area (Å²) >= 11 is 0. The maximum absolute atomic E-state index is 12.1. The Morgan fingerprint density at radius 2 is 1.96 bits per heavy atom. The van der Waals surface area contributed by atoms with E-state index in [0.29, 0.717) is 31.2 Å². The van der Waals surface area contributed by atoms with E-state index in [4.69, 9.17) is 4.74 Å².